The Balaban J connectivity index is 2.53. The maximum atomic E-state index is 12.0. The highest BCUT2D eigenvalue weighted by molar-refractivity contribution is 5.69. The molecule has 0 radical (unpaired) electrons. The average Bonchev–Trinajstić information content (AvgIpc) is 2.51. The van der Waals surface area contributed by atoms with Gasteiger partial charge in [-0.15, -0.1) is 0 Å². The van der Waals surface area contributed by atoms with Crippen molar-refractivity contribution in [2.75, 3.05) is 33.0 Å². The Morgan fingerprint density at radius 2 is 1.65 bits per heavy atom. The zero-order chi connectivity index (χ0) is 19.6. The van der Waals surface area contributed by atoms with Crippen molar-refractivity contribution in [1.29, 1.82) is 0 Å². The van der Waals surface area contributed by atoms with Crippen molar-refractivity contribution in [2.45, 2.75) is 59.3 Å². The number of hydrogen-bond acceptors (Lipinski definition) is 6. The molecule has 7 heteroatoms. The van der Waals surface area contributed by atoms with Gasteiger partial charge < -0.3 is 25.0 Å². The summed E-state index contributed by atoms with van der Waals surface area (Å²) in [5.74, 6) is -0.0162. The maximum absolute atomic E-state index is 12.0. The highest BCUT2D eigenvalue weighted by Crippen LogP contribution is 2.49. The summed E-state index contributed by atoms with van der Waals surface area (Å²) >= 11 is 0. The van der Waals surface area contributed by atoms with Crippen molar-refractivity contribution in [2.24, 2.45) is 16.7 Å². The number of esters is 1. The van der Waals surface area contributed by atoms with Crippen LogP contribution >= 0.6 is 0 Å². The number of carbonyl (C=O) groups is 2. The molecule has 1 fully saturated rings. The van der Waals surface area contributed by atoms with Crippen LogP contribution in [-0.2, 0) is 14.3 Å². The monoisotopic (exact) mass is 373 g/mol. The third kappa shape index (κ3) is 8.85. The van der Waals surface area contributed by atoms with Gasteiger partial charge in [0.2, 0.25) is 0 Å². The Morgan fingerprint density at radius 3 is 2.27 bits per heavy atom. The molecule has 0 aromatic heterocycles. The summed E-state index contributed by atoms with van der Waals surface area (Å²) in [6.07, 6.45) is 3.52. The zero-order valence-corrected chi connectivity index (χ0v) is 16.4. The van der Waals surface area contributed by atoms with E-state index in [9.17, 15) is 9.59 Å². The van der Waals surface area contributed by atoms with Gasteiger partial charge in [-0.2, -0.15) is 0 Å². The molecule has 1 saturated carbocycles. The van der Waals surface area contributed by atoms with Gasteiger partial charge in [0, 0.05) is 39.0 Å². The second-order valence-corrected chi connectivity index (χ2v) is 8.49. The van der Waals surface area contributed by atoms with E-state index in [1.54, 1.807) is 0 Å². The fourth-order valence-corrected chi connectivity index (χ4v) is 4.24. The number of ether oxygens (including phenoxy) is 2. The normalized spacial score (nSPS) is 24.7. The van der Waals surface area contributed by atoms with Gasteiger partial charge in [-0.3, -0.25) is 4.79 Å². The molecule has 1 aliphatic carbocycles. The molecule has 0 saturated heterocycles. The number of alkyl carbamates (subject to hydrolysis) is 1. The summed E-state index contributed by atoms with van der Waals surface area (Å²) in [6, 6.07) is 0. The first-order chi connectivity index (χ1) is 12.2. The van der Waals surface area contributed by atoms with Crippen LogP contribution in [0.25, 0.3) is 0 Å². The van der Waals surface area contributed by atoms with Gasteiger partial charge in [0.1, 0.15) is 0 Å². The van der Waals surface area contributed by atoms with Crippen molar-refractivity contribution in [3.05, 3.63) is 0 Å². The SMILES string of the molecule is CC1(C)CC(CC(=O)OCCCO)CC(C)(CNC(=O)OCCCO)C1. The first-order valence-corrected chi connectivity index (χ1v) is 9.48. The lowest BCUT2D eigenvalue weighted by Gasteiger charge is -2.46. The standard InChI is InChI=1S/C19H35NO6/c1-18(2)11-15(10-16(23)25-8-4-6-21)12-19(3,13-18)14-20-17(24)26-9-5-7-22/h15,21-22H,4-14H2,1-3H3,(H,20,24). The molecule has 2 atom stereocenters. The molecule has 152 valence electrons. The van der Waals surface area contributed by atoms with Crippen LogP contribution in [0.15, 0.2) is 0 Å². The summed E-state index contributed by atoms with van der Waals surface area (Å²) in [6.45, 7) is 7.46. The molecule has 7 nitrogen and oxygen atoms in total. The summed E-state index contributed by atoms with van der Waals surface area (Å²) in [7, 11) is 0. The van der Waals surface area contributed by atoms with Crippen molar-refractivity contribution in [3.63, 3.8) is 0 Å². The van der Waals surface area contributed by atoms with E-state index >= 15 is 0 Å². The van der Waals surface area contributed by atoms with Crippen LogP contribution in [0.3, 0.4) is 0 Å². The minimum Gasteiger partial charge on any atom is -0.466 e. The number of carbonyl (C=O) groups excluding carboxylic acids is 2. The molecule has 0 spiro atoms. The van der Waals surface area contributed by atoms with Crippen LogP contribution in [0.5, 0.6) is 0 Å². The summed E-state index contributed by atoms with van der Waals surface area (Å²) in [5, 5.41) is 20.3. The smallest absolute Gasteiger partial charge is 0.407 e. The van der Waals surface area contributed by atoms with E-state index < -0.39 is 6.09 Å². The largest absolute Gasteiger partial charge is 0.466 e. The molecule has 2 unspecified atom stereocenters. The molecule has 0 bridgehead atoms. The zero-order valence-electron chi connectivity index (χ0n) is 16.4. The molecular weight excluding hydrogens is 338 g/mol. The first kappa shape index (κ1) is 22.7. The molecule has 0 aliphatic heterocycles. The lowest BCUT2D eigenvalue weighted by Crippen LogP contribution is -2.44. The second-order valence-electron chi connectivity index (χ2n) is 8.49. The molecule has 0 aromatic carbocycles. The molecule has 0 aromatic rings. The highest BCUT2D eigenvalue weighted by atomic mass is 16.5. The lowest BCUT2D eigenvalue weighted by molar-refractivity contribution is -0.146. The Hall–Kier alpha value is -1.34. The van der Waals surface area contributed by atoms with E-state index in [1.807, 2.05) is 0 Å². The molecule has 0 heterocycles. The summed E-state index contributed by atoms with van der Waals surface area (Å²) < 4.78 is 10.2. The van der Waals surface area contributed by atoms with Crippen molar-refractivity contribution >= 4 is 12.1 Å². The quantitative estimate of drug-likeness (QED) is 0.401. The molecule has 1 amide bonds. The number of nitrogens with one attached hydrogen (secondary N) is 1. The minimum atomic E-state index is -0.469. The maximum Gasteiger partial charge on any atom is 0.407 e. The lowest BCUT2D eigenvalue weighted by atomic mass is 9.60. The topological polar surface area (TPSA) is 105 Å². The molecule has 26 heavy (non-hydrogen) atoms. The van der Waals surface area contributed by atoms with Gasteiger partial charge in [0.05, 0.1) is 13.2 Å². The number of rotatable bonds is 10. The van der Waals surface area contributed by atoms with E-state index in [1.165, 1.54) is 0 Å². The number of aliphatic hydroxyl groups excluding tert-OH is 2. The van der Waals surface area contributed by atoms with Crippen LogP contribution in [0.1, 0.15) is 59.3 Å². The van der Waals surface area contributed by atoms with Crippen LogP contribution in [0.2, 0.25) is 0 Å². The number of hydrogen-bond donors (Lipinski definition) is 3. The summed E-state index contributed by atoms with van der Waals surface area (Å²) in [5.41, 5.74) is -0.0423. The van der Waals surface area contributed by atoms with Gasteiger partial charge in [0.15, 0.2) is 0 Å². The second kappa shape index (κ2) is 10.7. The van der Waals surface area contributed by atoms with Gasteiger partial charge in [-0.1, -0.05) is 20.8 Å². The molecular formula is C19H35NO6. The highest BCUT2D eigenvalue weighted by Gasteiger charge is 2.42. The van der Waals surface area contributed by atoms with E-state index in [4.69, 9.17) is 19.7 Å². The average molecular weight is 373 g/mol. The van der Waals surface area contributed by atoms with Crippen LogP contribution < -0.4 is 5.32 Å². The van der Waals surface area contributed by atoms with Crippen molar-refractivity contribution in [1.82, 2.24) is 5.32 Å². The van der Waals surface area contributed by atoms with Gasteiger partial charge in [-0.25, -0.2) is 4.79 Å². The Labute approximate surface area is 156 Å². The van der Waals surface area contributed by atoms with E-state index in [-0.39, 0.29) is 49.1 Å². The predicted molar refractivity (Wildman–Crippen MR) is 97.6 cm³/mol. The minimum absolute atomic E-state index is 0.00469. The number of aliphatic hydroxyl groups is 2. The Morgan fingerprint density at radius 1 is 1.04 bits per heavy atom. The van der Waals surface area contributed by atoms with E-state index in [2.05, 4.69) is 26.1 Å². The Kier molecular flexibility index (Phi) is 9.36. The summed E-state index contributed by atoms with van der Waals surface area (Å²) in [4.78, 5) is 23.8. The molecule has 1 rings (SSSR count). The van der Waals surface area contributed by atoms with Gasteiger partial charge >= 0.3 is 12.1 Å². The van der Waals surface area contributed by atoms with Crippen LogP contribution in [0, 0.1) is 16.7 Å². The van der Waals surface area contributed by atoms with Crippen molar-refractivity contribution in [3.8, 4) is 0 Å². The molecule has 1 aliphatic rings. The Bertz CT molecular complexity index is 453. The molecule has 3 N–H and O–H groups in total. The third-order valence-corrected chi connectivity index (χ3v) is 4.74. The first-order valence-electron chi connectivity index (χ1n) is 9.48. The van der Waals surface area contributed by atoms with Gasteiger partial charge in [0.25, 0.3) is 0 Å². The van der Waals surface area contributed by atoms with E-state index in [0.29, 0.717) is 25.8 Å². The predicted octanol–water partition coefficient (Wildman–Crippen LogP) is 2.24. The fourth-order valence-electron chi connectivity index (χ4n) is 4.24. The van der Waals surface area contributed by atoms with E-state index in [0.717, 1.165) is 19.3 Å². The van der Waals surface area contributed by atoms with Crippen molar-refractivity contribution < 1.29 is 29.3 Å². The van der Waals surface area contributed by atoms with Crippen LogP contribution in [-0.4, -0.2) is 55.2 Å². The van der Waals surface area contributed by atoms with Crippen LogP contribution in [0.4, 0.5) is 4.79 Å². The fraction of sp³-hybridized carbons (Fsp3) is 0.895. The number of amides is 1. The van der Waals surface area contributed by atoms with Gasteiger partial charge in [-0.05, 0) is 36.0 Å². The third-order valence-electron chi connectivity index (χ3n) is 4.74.